The molecule has 0 aliphatic carbocycles. The summed E-state index contributed by atoms with van der Waals surface area (Å²) in [4.78, 5) is 24.4. The number of hydrogen-bond donors (Lipinski definition) is 3. The van der Waals surface area contributed by atoms with Crippen molar-refractivity contribution in [2.45, 2.75) is 19.8 Å². The van der Waals surface area contributed by atoms with E-state index >= 15 is 0 Å². The molecule has 0 aliphatic heterocycles. The van der Waals surface area contributed by atoms with Crippen LogP contribution in [0.25, 0.3) is 0 Å². The number of nitrogens with one attached hydrogen (secondary N) is 1. The van der Waals surface area contributed by atoms with Crippen LogP contribution in [-0.4, -0.2) is 46.8 Å². The van der Waals surface area contributed by atoms with Gasteiger partial charge in [0, 0.05) is 25.4 Å². The summed E-state index contributed by atoms with van der Waals surface area (Å²) in [5, 5.41) is 20.4. The first-order valence-electron chi connectivity index (χ1n) is 6.55. The Morgan fingerprint density at radius 2 is 2.00 bits per heavy atom. The number of rotatable bonds is 7. The number of urea groups is 1. The van der Waals surface area contributed by atoms with Crippen LogP contribution in [0.1, 0.15) is 18.9 Å². The molecule has 20 heavy (non-hydrogen) atoms. The molecule has 0 saturated heterocycles. The number of aliphatic hydroxyl groups is 1. The minimum atomic E-state index is -0.945. The highest BCUT2D eigenvalue weighted by molar-refractivity contribution is 5.91. The van der Waals surface area contributed by atoms with Crippen LogP contribution in [0.4, 0.5) is 10.5 Å². The number of carboxylic acids is 1. The van der Waals surface area contributed by atoms with Gasteiger partial charge in [0.1, 0.15) is 0 Å². The van der Waals surface area contributed by atoms with Crippen molar-refractivity contribution in [2.24, 2.45) is 0 Å². The molecule has 1 rings (SSSR count). The molecule has 6 heteroatoms. The monoisotopic (exact) mass is 280 g/mol. The zero-order valence-corrected chi connectivity index (χ0v) is 11.5. The smallest absolute Gasteiger partial charge is 0.321 e. The lowest BCUT2D eigenvalue weighted by Gasteiger charge is -2.21. The summed E-state index contributed by atoms with van der Waals surface area (Å²) in [6, 6.07) is 6.53. The number of aliphatic carboxylic acids is 1. The molecule has 0 heterocycles. The highest BCUT2D eigenvalue weighted by Gasteiger charge is 2.13. The average Bonchev–Trinajstić information content (AvgIpc) is 2.41. The molecule has 0 fully saturated rings. The van der Waals surface area contributed by atoms with Crippen molar-refractivity contribution >= 4 is 17.7 Å². The quantitative estimate of drug-likeness (QED) is 0.707. The molecule has 2 amide bonds. The Balaban J connectivity index is 2.76. The number of nitrogens with zero attached hydrogens (tertiary/aromatic N) is 1. The molecule has 3 N–H and O–H groups in total. The van der Waals surface area contributed by atoms with Crippen molar-refractivity contribution in [3.05, 3.63) is 29.8 Å². The lowest BCUT2D eigenvalue weighted by Crippen LogP contribution is -2.36. The minimum Gasteiger partial charge on any atom is -0.481 e. The molecule has 0 aliphatic rings. The Labute approximate surface area is 118 Å². The number of carboxylic acid groups (broad SMARTS) is 1. The standard InChI is InChI=1S/C14H20N2O4/c1-2-16(8-5-9-17)14(20)15-12-7-4-3-6-11(12)10-13(18)19/h3-4,6-7,17H,2,5,8-10H2,1H3,(H,15,20)(H,18,19). The summed E-state index contributed by atoms with van der Waals surface area (Å²) in [5.41, 5.74) is 1.06. The van der Waals surface area contributed by atoms with Crippen molar-refractivity contribution in [1.82, 2.24) is 4.90 Å². The van der Waals surface area contributed by atoms with Crippen LogP contribution >= 0.6 is 0 Å². The SMILES string of the molecule is CCN(CCCO)C(=O)Nc1ccccc1CC(=O)O. The summed E-state index contributed by atoms with van der Waals surface area (Å²) in [6.45, 7) is 2.85. The topological polar surface area (TPSA) is 89.9 Å². The zero-order valence-electron chi connectivity index (χ0n) is 11.5. The average molecular weight is 280 g/mol. The summed E-state index contributed by atoms with van der Waals surface area (Å²) in [6.07, 6.45) is 0.372. The number of hydrogen-bond acceptors (Lipinski definition) is 3. The van der Waals surface area contributed by atoms with E-state index in [1.807, 2.05) is 6.92 Å². The van der Waals surface area contributed by atoms with Crippen LogP contribution in [0.2, 0.25) is 0 Å². The fraction of sp³-hybridized carbons (Fsp3) is 0.429. The van der Waals surface area contributed by atoms with Gasteiger partial charge < -0.3 is 20.4 Å². The van der Waals surface area contributed by atoms with Gasteiger partial charge in [0.05, 0.1) is 6.42 Å². The molecule has 1 aromatic rings. The molecule has 110 valence electrons. The fourth-order valence-corrected chi connectivity index (χ4v) is 1.82. The van der Waals surface area contributed by atoms with E-state index < -0.39 is 5.97 Å². The van der Waals surface area contributed by atoms with E-state index in [4.69, 9.17) is 10.2 Å². The van der Waals surface area contributed by atoms with Crippen molar-refractivity contribution < 1.29 is 19.8 Å². The third-order valence-electron chi connectivity index (χ3n) is 2.86. The van der Waals surface area contributed by atoms with E-state index in [9.17, 15) is 9.59 Å². The van der Waals surface area contributed by atoms with Gasteiger partial charge in [0.15, 0.2) is 0 Å². The predicted molar refractivity (Wildman–Crippen MR) is 75.8 cm³/mol. The van der Waals surface area contributed by atoms with Crippen molar-refractivity contribution in [2.75, 3.05) is 25.0 Å². The molecule has 0 bridgehead atoms. The van der Waals surface area contributed by atoms with E-state index in [2.05, 4.69) is 5.32 Å². The van der Waals surface area contributed by atoms with Crippen molar-refractivity contribution in [3.8, 4) is 0 Å². The first kappa shape index (κ1) is 16.0. The van der Waals surface area contributed by atoms with E-state index in [1.165, 1.54) is 0 Å². The van der Waals surface area contributed by atoms with E-state index in [0.29, 0.717) is 30.8 Å². The van der Waals surface area contributed by atoms with Gasteiger partial charge in [-0.05, 0) is 25.0 Å². The second-order valence-electron chi connectivity index (χ2n) is 4.31. The molecule has 1 aromatic carbocycles. The van der Waals surface area contributed by atoms with Gasteiger partial charge in [-0.3, -0.25) is 4.79 Å². The Bertz CT molecular complexity index is 462. The van der Waals surface area contributed by atoms with Crippen LogP contribution in [0.3, 0.4) is 0 Å². The second-order valence-corrected chi connectivity index (χ2v) is 4.31. The summed E-state index contributed by atoms with van der Waals surface area (Å²) >= 11 is 0. The maximum absolute atomic E-state index is 12.1. The minimum absolute atomic E-state index is 0.0272. The normalized spacial score (nSPS) is 10.1. The fourth-order valence-electron chi connectivity index (χ4n) is 1.82. The van der Waals surface area contributed by atoms with Gasteiger partial charge >= 0.3 is 12.0 Å². The highest BCUT2D eigenvalue weighted by atomic mass is 16.4. The summed E-state index contributed by atoms with van der Waals surface area (Å²) in [7, 11) is 0. The van der Waals surface area contributed by atoms with Crippen LogP contribution in [0, 0.1) is 0 Å². The number of amides is 2. The molecule has 0 spiro atoms. The Kier molecular flexibility index (Phi) is 6.52. The first-order valence-corrected chi connectivity index (χ1v) is 6.55. The Hall–Kier alpha value is -2.08. The van der Waals surface area contributed by atoms with Gasteiger partial charge in [0.2, 0.25) is 0 Å². The van der Waals surface area contributed by atoms with Gasteiger partial charge in [-0.1, -0.05) is 18.2 Å². The molecule has 0 saturated carbocycles. The third-order valence-corrected chi connectivity index (χ3v) is 2.86. The Morgan fingerprint density at radius 1 is 1.30 bits per heavy atom. The number of carbonyl (C=O) groups excluding carboxylic acids is 1. The molecule has 6 nitrogen and oxygen atoms in total. The largest absolute Gasteiger partial charge is 0.481 e. The van der Waals surface area contributed by atoms with Gasteiger partial charge in [0.25, 0.3) is 0 Å². The Morgan fingerprint density at radius 3 is 2.60 bits per heavy atom. The maximum Gasteiger partial charge on any atom is 0.321 e. The van der Waals surface area contributed by atoms with Crippen molar-refractivity contribution in [3.63, 3.8) is 0 Å². The molecule has 0 aromatic heterocycles. The molecule has 0 radical (unpaired) electrons. The molecular formula is C14H20N2O4. The third kappa shape index (κ3) is 4.89. The summed E-state index contributed by atoms with van der Waals surface area (Å²) < 4.78 is 0. The van der Waals surface area contributed by atoms with Crippen LogP contribution in [0.5, 0.6) is 0 Å². The van der Waals surface area contributed by atoms with Gasteiger partial charge in [-0.25, -0.2) is 4.79 Å². The van der Waals surface area contributed by atoms with Gasteiger partial charge in [-0.15, -0.1) is 0 Å². The predicted octanol–water partition coefficient (Wildman–Crippen LogP) is 1.55. The van der Waals surface area contributed by atoms with Crippen LogP contribution < -0.4 is 5.32 Å². The summed E-state index contributed by atoms with van der Waals surface area (Å²) in [5.74, 6) is -0.945. The van der Waals surface area contributed by atoms with Crippen LogP contribution in [-0.2, 0) is 11.2 Å². The van der Waals surface area contributed by atoms with E-state index in [-0.39, 0.29) is 19.1 Å². The number of benzene rings is 1. The second kappa shape index (κ2) is 8.16. The first-order chi connectivity index (χ1) is 9.58. The number of anilines is 1. The highest BCUT2D eigenvalue weighted by Crippen LogP contribution is 2.16. The lowest BCUT2D eigenvalue weighted by atomic mass is 10.1. The molecular weight excluding hydrogens is 260 g/mol. The van der Waals surface area contributed by atoms with E-state index in [1.54, 1.807) is 29.2 Å². The number of carbonyl (C=O) groups is 2. The maximum atomic E-state index is 12.1. The van der Waals surface area contributed by atoms with Gasteiger partial charge in [-0.2, -0.15) is 0 Å². The lowest BCUT2D eigenvalue weighted by molar-refractivity contribution is -0.136. The molecule has 0 unspecified atom stereocenters. The van der Waals surface area contributed by atoms with Crippen LogP contribution in [0.15, 0.2) is 24.3 Å². The number of para-hydroxylation sites is 1. The number of aliphatic hydroxyl groups excluding tert-OH is 1. The van der Waals surface area contributed by atoms with E-state index in [0.717, 1.165) is 0 Å². The molecule has 0 atom stereocenters. The zero-order chi connectivity index (χ0) is 15.0. The van der Waals surface area contributed by atoms with Crippen molar-refractivity contribution in [1.29, 1.82) is 0 Å².